The molecule has 3 rings (SSSR count). The molecule has 6 heteroatoms. The van der Waals surface area contributed by atoms with Crippen LogP contribution >= 0.6 is 0 Å². The van der Waals surface area contributed by atoms with Gasteiger partial charge in [0.1, 0.15) is 0 Å². The molecule has 2 unspecified atom stereocenters. The third-order valence-electron chi connectivity index (χ3n) is 4.68. The Balaban J connectivity index is 1.58. The number of hydrogen-bond donors (Lipinski definition) is 2. The van der Waals surface area contributed by atoms with E-state index in [1.165, 1.54) is 7.11 Å². The van der Waals surface area contributed by atoms with Crippen molar-refractivity contribution >= 4 is 17.6 Å². The van der Waals surface area contributed by atoms with E-state index in [-0.39, 0.29) is 30.3 Å². The highest BCUT2D eigenvalue weighted by Crippen LogP contribution is 2.28. The molecule has 2 heterocycles. The maximum atomic E-state index is 12.6. The first-order valence-corrected chi connectivity index (χ1v) is 8.75. The fourth-order valence-corrected chi connectivity index (χ4v) is 3.19. The molecule has 1 aromatic heterocycles. The van der Waals surface area contributed by atoms with Crippen LogP contribution in [0.3, 0.4) is 0 Å². The van der Waals surface area contributed by atoms with Crippen LogP contribution in [0, 0.1) is 5.92 Å². The number of esters is 1. The lowest BCUT2D eigenvalue weighted by molar-refractivity contribution is -0.139. The molecule has 26 heavy (non-hydrogen) atoms. The van der Waals surface area contributed by atoms with Gasteiger partial charge in [0.15, 0.2) is 0 Å². The molecular formula is C20H23N3O3. The normalized spacial score (nSPS) is 19.6. The number of piperidine rings is 1. The van der Waals surface area contributed by atoms with E-state index in [1.54, 1.807) is 12.4 Å². The van der Waals surface area contributed by atoms with Crippen LogP contribution in [0.4, 0.5) is 5.69 Å². The van der Waals surface area contributed by atoms with Gasteiger partial charge in [-0.05, 0) is 54.8 Å². The second-order valence-electron chi connectivity index (χ2n) is 6.45. The molecule has 2 N–H and O–H groups in total. The Labute approximate surface area is 153 Å². The topological polar surface area (TPSA) is 80.3 Å². The number of carbonyl (C=O) groups is 2. The SMILES string of the molecule is COC(=O)Cc1ccc(NC(=O)C2CCNC(c3ccncc3)C2)cc1. The number of pyridine rings is 1. The summed E-state index contributed by atoms with van der Waals surface area (Å²) in [6.07, 6.45) is 5.35. The Bertz CT molecular complexity index is 747. The lowest BCUT2D eigenvalue weighted by atomic mass is 9.88. The van der Waals surface area contributed by atoms with Crippen LogP contribution in [0.2, 0.25) is 0 Å². The van der Waals surface area contributed by atoms with Crippen LogP contribution in [0.25, 0.3) is 0 Å². The van der Waals surface area contributed by atoms with Crippen molar-refractivity contribution in [2.24, 2.45) is 5.92 Å². The highest BCUT2D eigenvalue weighted by atomic mass is 16.5. The number of carbonyl (C=O) groups excluding carboxylic acids is 2. The third kappa shape index (κ3) is 4.67. The average Bonchev–Trinajstić information content (AvgIpc) is 2.70. The van der Waals surface area contributed by atoms with Crippen molar-refractivity contribution in [2.45, 2.75) is 25.3 Å². The van der Waals surface area contributed by atoms with Crippen LogP contribution in [0.5, 0.6) is 0 Å². The number of benzene rings is 1. The number of methoxy groups -OCH3 is 1. The highest BCUT2D eigenvalue weighted by molar-refractivity contribution is 5.92. The van der Waals surface area contributed by atoms with E-state index < -0.39 is 0 Å². The van der Waals surface area contributed by atoms with Crippen molar-refractivity contribution < 1.29 is 14.3 Å². The summed E-state index contributed by atoms with van der Waals surface area (Å²) in [5, 5.41) is 6.45. The Morgan fingerprint density at radius 1 is 1.19 bits per heavy atom. The van der Waals surface area contributed by atoms with Crippen molar-refractivity contribution in [3.8, 4) is 0 Å². The molecule has 0 radical (unpaired) electrons. The van der Waals surface area contributed by atoms with E-state index in [4.69, 9.17) is 0 Å². The van der Waals surface area contributed by atoms with Gasteiger partial charge in [-0.3, -0.25) is 14.6 Å². The molecule has 1 aliphatic heterocycles. The van der Waals surface area contributed by atoms with Gasteiger partial charge in [0, 0.05) is 30.0 Å². The molecule has 1 saturated heterocycles. The summed E-state index contributed by atoms with van der Waals surface area (Å²) in [6.45, 7) is 0.809. The fourth-order valence-electron chi connectivity index (χ4n) is 3.19. The van der Waals surface area contributed by atoms with Crippen molar-refractivity contribution in [3.63, 3.8) is 0 Å². The monoisotopic (exact) mass is 353 g/mol. The minimum absolute atomic E-state index is 0.0336. The average molecular weight is 353 g/mol. The van der Waals surface area contributed by atoms with Gasteiger partial charge in [-0.2, -0.15) is 0 Å². The number of anilines is 1. The predicted octanol–water partition coefficient (Wildman–Crippen LogP) is 2.48. The molecule has 1 aromatic carbocycles. The highest BCUT2D eigenvalue weighted by Gasteiger charge is 2.27. The van der Waals surface area contributed by atoms with E-state index in [2.05, 4.69) is 20.4 Å². The van der Waals surface area contributed by atoms with E-state index in [1.807, 2.05) is 36.4 Å². The Hall–Kier alpha value is -2.73. The van der Waals surface area contributed by atoms with Gasteiger partial charge in [0.25, 0.3) is 0 Å². The van der Waals surface area contributed by atoms with Crippen LogP contribution in [0.1, 0.15) is 30.0 Å². The molecule has 2 atom stereocenters. The number of amides is 1. The molecule has 2 aromatic rings. The number of ether oxygens (including phenoxy) is 1. The Morgan fingerprint density at radius 2 is 1.92 bits per heavy atom. The van der Waals surface area contributed by atoms with Crippen molar-refractivity contribution in [2.75, 3.05) is 19.0 Å². The summed E-state index contributed by atoms with van der Waals surface area (Å²) in [5.74, 6) is -0.283. The predicted molar refractivity (Wildman–Crippen MR) is 98.5 cm³/mol. The maximum absolute atomic E-state index is 12.6. The summed E-state index contributed by atoms with van der Waals surface area (Å²) >= 11 is 0. The number of nitrogens with one attached hydrogen (secondary N) is 2. The summed E-state index contributed by atoms with van der Waals surface area (Å²) in [4.78, 5) is 28.0. The number of aromatic nitrogens is 1. The third-order valence-corrected chi connectivity index (χ3v) is 4.68. The second-order valence-corrected chi connectivity index (χ2v) is 6.45. The molecule has 0 saturated carbocycles. The first kappa shape index (κ1) is 18.1. The fraction of sp³-hybridized carbons (Fsp3) is 0.350. The van der Waals surface area contributed by atoms with Crippen molar-refractivity contribution in [1.29, 1.82) is 0 Å². The zero-order valence-corrected chi connectivity index (χ0v) is 14.8. The molecule has 0 spiro atoms. The summed E-state index contributed by atoms with van der Waals surface area (Å²) in [5.41, 5.74) is 2.75. The number of nitrogens with zero attached hydrogens (tertiary/aromatic N) is 1. The summed E-state index contributed by atoms with van der Waals surface area (Å²) in [6, 6.07) is 11.4. The standard InChI is InChI=1S/C20H23N3O3/c1-26-19(24)12-14-2-4-17(5-3-14)23-20(25)16-8-11-22-18(13-16)15-6-9-21-10-7-15/h2-7,9-10,16,18,22H,8,11-13H2,1H3,(H,23,25). The van der Waals surface area contributed by atoms with Gasteiger partial charge >= 0.3 is 5.97 Å². The minimum Gasteiger partial charge on any atom is -0.469 e. The molecule has 136 valence electrons. The zero-order valence-electron chi connectivity index (χ0n) is 14.8. The number of rotatable bonds is 5. The van der Waals surface area contributed by atoms with Gasteiger partial charge in [0.05, 0.1) is 13.5 Å². The minimum atomic E-state index is -0.279. The Kier molecular flexibility index (Phi) is 5.96. The van der Waals surface area contributed by atoms with E-state index in [9.17, 15) is 9.59 Å². The first-order chi connectivity index (χ1) is 12.7. The molecule has 0 aliphatic carbocycles. The van der Waals surface area contributed by atoms with E-state index in [0.717, 1.165) is 36.2 Å². The van der Waals surface area contributed by atoms with Crippen LogP contribution in [-0.4, -0.2) is 30.5 Å². The summed E-state index contributed by atoms with van der Waals surface area (Å²) in [7, 11) is 1.37. The maximum Gasteiger partial charge on any atom is 0.309 e. The van der Waals surface area contributed by atoms with E-state index >= 15 is 0 Å². The molecular weight excluding hydrogens is 330 g/mol. The Morgan fingerprint density at radius 3 is 2.62 bits per heavy atom. The summed E-state index contributed by atoms with van der Waals surface area (Å²) < 4.78 is 4.66. The van der Waals surface area contributed by atoms with Gasteiger partial charge in [0.2, 0.25) is 5.91 Å². The molecule has 1 fully saturated rings. The van der Waals surface area contributed by atoms with Gasteiger partial charge < -0.3 is 15.4 Å². The molecule has 0 bridgehead atoms. The quantitative estimate of drug-likeness (QED) is 0.807. The lowest BCUT2D eigenvalue weighted by Gasteiger charge is -2.30. The van der Waals surface area contributed by atoms with Crippen LogP contribution in [0.15, 0.2) is 48.8 Å². The van der Waals surface area contributed by atoms with Gasteiger partial charge in [-0.1, -0.05) is 12.1 Å². The largest absolute Gasteiger partial charge is 0.469 e. The number of hydrogen-bond acceptors (Lipinski definition) is 5. The molecule has 6 nitrogen and oxygen atoms in total. The van der Waals surface area contributed by atoms with Crippen molar-refractivity contribution in [1.82, 2.24) is 10.3 Å². The van der Waals surface area contributed by atoms with Crippen LogP contribution in [-0.2, 0) is 20.7 Å². The molecule has 1 aliphatic rings. The first-order valence-electron chi connectivity index (χ1n) is 8.75. The van der Waals surface area contributed by atoms with Gasteiger partial charge in [-0.25, -0.2) is 0 Å². The molecule has 1 amide bonds. The smallest absolute Gasteiger partial charge is 0.309 e. The van der Waals surface area contributed by atoms with E-state index in [0.29, 0.717) is 0 Å². The van der Waals surface area contributed by atoms with Crippen LogP contribution < -0.4 is 10.6 Å². The zero-order chi connectivity index (χ0) is 18.4. The van der Waals surface area contributed by atoms with Gasteiger partial charge in [-0.15, -0.1) is 0 Å². The lowest BCUT2D eigenvalue weighted by Crippen LogP contribution is -2.37. The van der Waals surface area contributed by atoms with Crippen molar-refractivity contribution in [3.05, 3.63) is 59.9 Å². The second kappa shape index (κ2) is 8.58.